The van der Waals surface area contributed by atoms with Crippen LogP contribution in [-0.4, -0.2) is 33.6 Å². The zero-order valence-corrected chi connectivity index (χ0v) is 12.5. The van der Waals surface area contributed by atoms with Gasteiger partial charge in [0.05, 0.1) is 6.61 Å². The number of carbonyl (C=O) groups excluding carboxylic acids is 1. The minimum absolute atomic E-state index is 0.171. The van der Waals surface area contributed by atoms with Gasteiger partial charge in [0.15, 0.2) is 0 Å². The molecule has 1 amide bonds. The van der Waals surface area contributed by atoms with Crippen molar-refractivity contribution in [3.63, 3.8) is 0 Å². The lowest BCUT2D eigenvalue weighted by molar-refractivity contribution is 0.102. The van der Waals surface area contributed by atoms with Gasteiger partial charge in [-0.2, -0.15) is 5.21 Å². The second kappa shape index (κ2) is 6.80. The van der Waals surface area contributed by atoms with Gasteiger partial charge in [-0.05, 0) is 47.2 Å². The normalized spacial score (nSPS) is 10.5. The second-order valence-electron chi connectivity index (χ2n) is 4.90. The van der Waals surface area contributed by atoms with Crippen molar-refractivity contribution in [2.45, 2.75) is 6.61 Å². The molecule has 0 fully saturated rings. The Balaban J connectivity index is 1.71. The highest BCUT2D eigenvalue weighted by Gasteiger charge is 2.08. The third-order valence-electron chi connectivity index (χ3n) is 3.25. The molecule has 0 spiro atoms. The first kappa shape index (κ1) is 14.9. The van der Waals surface area contributed by atoms with E-state index in [0.717, 1.165) is 11.1 Å². The van der Waals surface area contributed by atoms with Crippen molar-refractivity contribution in [3.05, 3.63) is 59.7 Å². The number of anilines is 1. The van der Waals surface area contributed by atoms with Gasteiger partial charge in [-0.3, -0.25) is 4.79 Å². The van der Waals surface area contributed by atoms with Crippen molar-refractivity contribution < 1.29 is 9.53 Å². The largest absolute Gasteiger partial charge is 0.380 e. The van der Waals surface area contributed by atoms with Crippen LogP contribution in [0, 0.1) is 0 Å². The second-order valence-corrected chi connectivity index (χ2v) is 4.90. The number of aromatic amines is 1. The van der Waals surface area contributed by atoms with Gasteiger partial charge in [0.2, 0.25) is 5.82 Å². The average Bonchev–Trinajstić information content (AvgIpc) is 3.11. The van der Waals surface area contributed by atoms with Crippen molar-refractivity contribution in [1.29, 1.82) is 0 Å². The third kappa shape index (κ3) is 3.58. The van der Waals surface area contributed by atoms with E-state index in [-0.39, 0.29) is 5.91 Å². The molecule has 0 atom stereocenters. The fraction of sp³-hybridized carbons (Fsp3) is 0.125. The quantitative estimate of drug-likeness (QED) is 0.754. The van der Waals surface area contributed by atoms with Crippen LogP contribution in [0.25, 0.3) is 11.4 Å². The Morgan fingerprint density at radius 1 is 1.22 bits per heavy atom. The van der Waals surface area contributed by atoms with Crippen LogP contribution in [0.15, 0.2) is 48.5 Å². The molecule has 0 aliphatic rings. The minimum Gasteiger partial charge on any atom is -0.380 e. The molecule has 0 unspecified atom stereocenters. The molecule has 3 aromatic rings. The fourth-order valence-electron chi connectivity index (χ4n) is 2.16. The smallest absolute Gasteiger partial charge is 0.255 e. The Labute approximate surface area is 132 Å². The summed E-state index contributed by atoms with van der Waals surface area (Å²) >= 11 is 0. The topological polar surface area (TPSA) is 92.8 Å². The first-order valence-corrected chi connectivity index (χ1v) is 6.99. The van der Waals surface area contributed by atoms with Gasteiger partial charge in [0.1, 0.15) is 0 Å². The molecule has 0 aliphatic carbocycles. The molecule has 0 saturated carbocycles. The van der Waals surface area contributed by atoms with Crippen molar-refractivity contribution >= 4 is 11.6 Å². The number of ether oxygens (including phenoxy) is 1. The van der Waals surface area contributed by atoms with Crippen LogP contribution in [-0.2, 0) is 11.3 Å². The van der Waals surface area contributed by atoms with Crippen LogP contribution in [0.4, 0.5) is 5.69 Å². The summed E-state index contributed by atoms with van der Waals surface area (Å²) in [5.41, 5.74) is 3.05. The number of benzene rings is 2. The number of carbonyl (C=O) groups is 1. The molecule has 2 aromatic carbocycles. The Morgan fingerprint density at radius 2 is 2.04 bits per heavy atom. The van der Waals surface area contributed by atoms with Crippen LogP contribution in [0.2, 0.25) is 0 Å². The molecule has 0 aliphatic heterocycles. The number of methoxy groups -OCH3 is 1. The Hall–Kier alpha value is -3.06. The highest BCUT2D eigenvalue weighted by molar-refractivity contribution is 6.04. The van der Waals surface area contributed by atoms with Gasteiger partial charge >= 0.3 is 0 Å². The van der Waals surface area contributed by atoms with Gasteiger partial charge in [-0.15, -0.1) is 10.2 Å². The molecule has 0 radical (unpaired) electrons. The van der Waals surface area contributed by atoms with Crippen LogP contribution < -0.4 is 5.32 Å². The molecule has 0 bridgehead atoms. The molecule has 7 heteroatoms. The van der Waals surface area contributed by atoms with Gasteiger partial charge in [0, 0.05) is 23.9 Å². The molecule has 0 saturated heterocycles. The van der Waals surface area contributed by atoms with E-state index in [0.29, 0.717) is 23.7 Å². The summed E-state index contributed by atoms with van der Waals surface area (Å²) < 4.78 is 5.08. The lowest BCUT2D eigenvalue weighted by Crippen LogP contribution is -2.12. The van der Waals surface area contributed by atoms with E-state index in [2.05, 4.69) is 25.9 Å². The summed E-state index contributed by atoms with van der Waals surface area (Å²) in [4.78, 5) is 12.3. The maximum Gasteiger partial charge on any atom is 0.255 e. The van der Waals surface area contributed by atoms with Gasteiger partial charge in [0.25, 0.3) is 5.91 Å². The number of tetrazole rings is 1. The van der Waals surface area contributed by atoms with Crippen LogP contribution in [0.3, 0.4) is 0 Å². The molecule has 116 valence electrons. The maximum atomic E-state index is 12.3. The molecule has 2 N–H and O–H groups in total. The third-order valence-corrected chi connectivity index (χ3v) is 3.25. The molecule has 7 nitrogen and oxygen atoms in total. The number of nitrogens with one attached hydrogen (secondary N) is 2. The Kier molecular flexibility index (Phi) is 4.39. The van der Waals surface area contributed by atoms with Gasteiger partial charge < -0.3 is 10.1 Å². The summed E-state index contributed by atoms with van der Waals surface area (Å²) in [6.45, 7) is 0.473. The monoisotopic (exact) mass is 309 g/mol. The van der Waals surface area contributed by atoms with E-state index in [9.17, 15) is 4.79 Å². The molecule has 1 heterocycles. The predicted octanol–water partition coefficient (Wildman–Crippen LogP) is 2.27. The zero-order chi connectivity index (χ0) is 16.1. The van der Waals surface area contributed by atoms with Crippen molar-refractivity contribution in [1.82, 2.24) is 20.6 Å². The summed E-state index contributed by atoms with van der Waals surface area (Å²) in [5, 5.41) is 16.6. The number of rotatable bonds is 5. The van der Waals surface area contributed by atoms with E-state index < -0.39 is 0 Å². The lowest BCUT2D eigenvalue weighted by atomic mass is 10.1. The van der Waals surface area contributed by atoms with E-state index in [1.807, 2.05) is 30.3 Å². The van der Waals surface area contributed by atoms with E-state index >= 15 is 0 Å². The molecular formula is C16H15N5O2. The minimum atomic E-state index is -0.171. The first-order valence-electron chi connectivity index (χ1n) is 6.99. The van der Waals surface area contributed by atoms with Crippen LogP contribution in [0.5, 0.6) is 0 Å². The number of H-pyrrole nitrogens is 1. The number of amides is 1. The van der Waals surface area contributed by atoms with Crippen molar-refractivity contribution in [2.75, 3.05) is 12.4 Å². The Bertz CT molecular complexity index is 784. The van der Waals surface area contributed by atoms with Crippen LogP contribution >= 0.6 is 0 Å². The molecule has 3 rings (SSSR count). The summed E-state index contributed by atoms with van der Waals surface area (Å²) in [6, 6.07) is 14.6. The SMILES string of the molecule is COCc1cccc(C(=O)Nc2ccc(-c3nn[nH]n3)cc2)c1. The van der Waals surface area contributed by atoms with E-state index in [1.54, 1.807) is 25.3 Å². The summed E-state index contributed by atoms with van der Waals surface area (Å²) in [5.74, 6) is 0.338. The number of aromatic nitrogens is 4. The van der Waals surface area contributed by atoms with Crippen molar-refractivity contribution in [3.8, 4) is 11.4 Å². The van der Waals surface area contributed by atoms with E-state index in [4.69, 9.17) is 4.74 Å². The van der Waals surface area contributed by atoms with E-state index in [1.165, 1.54) is 0 Å². The highest BCUT2D eigenvalue weighted by atomic mass is 16.5. The summed E-state index contributed by atoms with van der Waals surface area (Å²) in [6.07, 6.45) is 0. The number of hydrogen-bond donors (Lipinski definition) is 2. The van der Waals surface area contributed by atoms with Gasteiger partial charge in [-0.1, -0.05) is 12.1 Å². The zero-order valence-electron chi connectivity index (χ0n) is 12.5. The average molecular weight is 309 g/mol. The molecule has 23 heavy (non-hydrogen) atoms. The molecular weight excluding hydrogens is 294 g/mol. The van der Waals surface area contributed by atoms with Crippen LogP contribution in [0.1, 0.15) is 15.9 Å². The van der Waals surface area contributed by atoms with Crippen molar-refractivity contribution in [2.24, 2.45) is 0 Å². The predicted molar refractivity (Wildman–Crippen MR) is 84.7 cm³/mol. The lowest BCUT2D eigenvalue weighted by Gasteiger charge is -2.07. The number of hydrogen-bond acceptors (Lipinski definition) is 5. The highest BCUT2D eigenvalue weighted by Crippen LogP contribution is 2.17. The molecule has 1 aromatic heterocycles. The Morgan fingerprint density at radius 3 is 2.74 bits per heavy atom. The van der Waals surface area contributed by atoms with Gasteiger partial charge in [-0.25, -0.2) is 0 Å². The maximum absolute atomic E-state index is 12.3. The summed E-state index contributed by atoms with van der Waals surface area (Å²) in [7, 11) is 1.62. The first-order chi connectivity index (χ1) is 11.3. The number of nitrogens with zero attached hydrogens (tertiary/aromatic N) is 3. The standard InChI is InChI=1S/C16H15N5O2/c1-23-10-11-3-2-4-13(9-11)16(22)17-14-7-5-12(6-8-14)15-18-20-21-19-15/h2-9H,10H2,1H3,(H,17,22)(H,18,19,20,21). The fourth-order valence-corrected chi connectivity index (χ4v) is 2.16.